The molecule has 0 aromatic rings. The van der Waals surface area contributed by atoms with E-state index in [0.717, 1.165) is 25.8 Å². The molecule has 1 atom stereocenters. The molecule has 2 saturated carbocycles. The van der Waals surface area contributed by atoms with Crippen LogP contribution >= 0.6 is 12.4 Å². The van der Waals surface area contributed by atoms with Gasteiger partial charge in [0, 0.05) is 17.5 Å². The SMILES string of the molecule is Cl.NC(=O)C1CCN(C2CCC(O)(C(F)(F)F)CC2)C2(CC2)C1. The van der Waals surface area contributed by atoms with E-state index >= 15 is 0 Å². The summed E-state index contributed by atoms with van der Waals surface area (Å²) in [6.07, 6.45) is -0.862. The van der Waals surface area contributed by atoms with Crippen molar-refractivity contribution in [3.05, 3.63) is 0 Å². The van der Waals surface area contributed by atoms with E-state index in [2.05, 4.69) is 4.90 Å². The smallest absolute Gasteiger partial charge is 0.380 e. The zero-order valence-electron chi connectivity index (χ0n) is 12.9. The molecular weight excluding hydrogens is 333 g/mol. The van der Waals surface area contributed by atoms with Crippen molar-refractivity contribution in [1.29, 1.82) is 0 Å². The molecule has 1 amide bonds. The van der Waals surface area contributed by atoms with Crippen molar-refractivity contribution < 1.29 is 23.1 Å². The van der Waals surface area contributed by atoms with Crippen molar-refractivity contribution in [2.75, 3.05) is 6.54 Å². The molecule has 0 radical (unpaired) electrons. The number of likely N-dealkylation sites (tertiary alicyclic amines) is 1. The molecule has 0 aromatic heterocycles. The predicted molar refractivity (Wildman–Crippen MR) is 81.1 cm³/mol. The average Bonchev–Trinajstić information content (AvgIpc) is 3.19. The number of carbonyl (C=O) groups excluding carboxylic acids is 1. The molecule has 2 aliphatic carbocycles. The van der Waals surface area contributed by atoms with Crippen LogP contribution < -0.4 is 5.73 Å². The summed E-state index contributed by atoms with van der Waals surface area (Å²) in [7, 11) is 0. The number of nitrogens with two attached hydrogens (primary N) is 1. The third-order valence-electron chi connectivity index (χ3n) is 5.93. The molecule has 3 rings (SSSR count). The van der Waals surface area contributed by atoms with E-state index in [0.29, 0.717) is 19.3 Å². The van der Waals surface area contributed by atoms with Crippen molar-refractivity contribution >= 4 is 18.3 Å². The molecule has 1 saturated heterocycles. The fourth-order valence-electron chi connectivity index (χ4n) is 4.33. The Morgan fingerprint density at radius 2 is 1.70 bits per heavy atom. The van der Waals surface area contributed by atoms with Crippen LogP contribution in [0.1, 0.15) is 51.4 Å². The normalized spacial score (nSPS) is 37.2. The fourth-order valence-corrected chi connectivity index (χ4v) is 4.33. The third-order valence-corrected chi connectivity index (χ3v) is 5.93. The van der Waals surface area contributed by atoms with Gasteiger partial charge in [-0.15, -0.1) is 12.4 Å². The van der Waals surface area contributed by atoms with Crippen LogP contribution in [0.5, 0.6) is 0 Å². The Balaban J connectivity index is 0.00000192. The molecule has 3 fully saturated rings. The van der Waals surface area contributed by atoms with Crippen LogP contribution in [0.2, 0.25) is 0 Å². The van der Waals surface area contributed by atoms with E-state index in [-0.39, 0.29) is 48.7 Å². The number of primary amides is 1. The van der Waals surface area contributed by atoms with Gasteiger partial charge in [-0.05, 0) is 57.9 Å². The van der Waals surface area contributed by atoms with Crippen LogP contribution in [-0.4, -0.2) is 45.8 Å². The Kier molecular flexibility index (Phi) is 4.97. The molecule has 4 nitrogen and oxygen atoms in total. The second-order valence-electron chi connectivity index (χ2n) is 7.27. The summed E-state index contributed by atoms with van der Waals surface area (Å²) in [6, 6.07) is 0.0824. The van der Waals surface area contributed by atoms with Gasteiger partial charge in [-0.3, -0.25) is 9.69 Å². The standard InChI is InChI=1S/C15H23F3N2O2.ClH/c16-15(17,18)14(22)4-1-11(2-5-14)20-8-3-10(12(19)21)9-13(20)6-7-13;/h10-11,22H,1-9H2,(H2,19,21);1H. The first-order valence-electron chi connectivity index (χ1n) is 8.02. The Labute approximate surface area is 140 Å². The highest BCUT2D eigenvalue weighted by molar-refractivity contribution is 5.85. The number of piperidine rings is 1. The Morgan fingerprint density at radius 3 is 2.13 bits per heavy atom. The van der Waals surface area contributed by atoms with Crippen molar-refractivity contribution in [2.24, 2.45) is 11.7 Å². The largest absolute Gasteiger partial charge is 0.417 e. The maximum absolute atomic E-state index is 12.9. The number of alkyl halides is 3. The van der Waals surface area contributed by atoms with Gasteiger partial charge in [0.05, 0.1) is 0 Å². The van der Waals surface area contributed by atoms with Gasteiger partial charge in [0.25, 0.3) is 0 Å². The summed E-state index contributed by atoms with van der Waals surface area (Å²) in [5.41, 5.74) is 2.87. The number of hydrogen-bond donors (Lipinski definition) is 2. The first-order valence-corrected chi connectivity index (χ1v) is 8.02. The van der Waals surface area contributed by atoms with Gasteiger partial charge in [-0.2, -0.15) is 13.2 Å². The van der Waals surface area contributed by atoms with Crippen molar-refractivity contribution in [3.63, 3.8) is 0 Å². The molecular formula is C15H24ClF3N2O2. The van der Waals surface area contributed by atoms with Gasteiger partial charge in [0.15, 0.2) is 5.60 Å². The zero-order chi connectivity index (χ0) is 16.2. The van der Waals surface area contributed by atoms with Gasteiger partial charge in [0.2, 0.25) is 5.91 Å². The van der Waals surface area contributed by atoms with Gasteiger partial charge < -0.3 is 10.8 Å². The van der Waals surface area contributed by atoms with E-state index < -0.39 is 11.8 Å². The number of nitrogens with zero attached hydrogens (tertiary/aromatic N) is 1. The van der Waals surface area contributed by atoms with Crippen LogP contribution in [0, 0.1) is 5.92 Å². The summed E-state index contributed by atoms with van der Waals surface area (Å²) in [5.74, 6) is -0.365. The lowest BCUT2D eigenvalue weighted by molar-refractivity contribution is -0.272. The van der Waals surface area contributed by atoms with E-state index in [1.807, 2.05) is 0 Å². The number of rotatable bonds is 2. The van der Waals surface area contributed by atoms with Crippen LogP contribution in [0.4, 0.5) is 13.2 Å². The maximum Gasteiger partial charge on any atom is 0.417 e. The third kappa shape index (κ3) is 3.33. The lowest BCUT2D eigenvalue weighted by Gasteiger charge is -2.48. The zero-order valence-corrected chi connectivity index (χ0v) is 13.8. The number of aliphatic hydroxyl groups is 1. The molecule has 23 heavy (non-hydrogen) atoms. The topological polar surface area (TPSA) is 66.6 Å². The average molecular weight is 357 g/mol. The molecule has 0 aromatic carbocycles. The van der Waals surface area contributed by atoms with Crippen LogP contribution in [0.15, 0.2) is 0 Å². The van der Waals surface area contributed by atoms with Gasteiger partial charge >= 0.3 is 6.18 Å². The highest BCUT2D eigenvalue weighted by atomic mass is 35.5. The monoisotopic (exact) mass is 356 g/mol. The molecule has 134 valence electrons. The molecule has 1 spiro atoms. The highest BCUT2D eigenvalue weighted by Gasteiger charge is 2.58. The predicted octanol–water partition coefficient (Wildman–Crippen LogP) is 2.37. The second-order valence-corrected chi connectivity index (χ2v) is 7.27. The Morgan fingerprint density at radius 1 is 1.13 bits per heavy atom. The van der Waals surface area contributed by atoms with Crippen LogP contribution in [0.25, 0.3) is 0 Å². The molecule has 3 aliphatic rings. The van der Waals surface area contributed by atoms with E-state index in [4.69, 9.17) is 5.73 Å². The van der Waals surface area contributed by atoms with Crippen molar-refractivity contribution in [2.45, 2.75) is 74.7 Å². The van der Waals surface area contributed by atoms with E-state index in [9.17, 15) is 23.1 Å². The quantitative estimate of drug-likeness (QED) is 0.798. The van der Waals surface area contributed by atoms with Crippen molar-refractivity contribution in [3.8, 4) is 0 Å². The minimum absolute atomic E-state index is 0. The number of halogens is 4. The van der Waals surface area contributed by atoms with E-state index in [1.54, 1.807) is 0 Å². The highest BCUT2D eigenvalue weighted by Crippen LogP contribution is 2.53. The molecule has 0 bridgehead atoms. The Bertz CT molecular complexity index is 460. The number of carbonyl (C=O) groups is 1. The summed E-state index contributed by atoms with van der Waals surface area (Å²) in [5, 5.41) is 9.78. The van der Waals surface area contributed by atoms with Gasteiger partial charge in [-0.1, -0.05) is 0 Å². The first-order chi connectivity index (χ1) is 10.2. The lowest BCUT2D eigenvalue weighted by Crippen LogP contribution is -2.56. The molecule has 1 aliphatic heterocycles. The lowest BCUT2D eigenvalue weighted by atomic mass is 9.78. The first kappa shape index (κ1) is 18.8. The number of hydrogen-bond acceptors (Lipinski definition) is 3. The molecule has 8 heteroatoms. The van der Waals surface area contributed by atoms with Gasteiger partial charge in [-0.25, -0.2) is 0 Å². The minimum Gasteiger partial charge on any atom is -0.380 e. The summed E-state index contributed by atoms with van der Waals surface area (Å²) in [6.45, 7) is 0.725. The molecule has 1 unspecified atom stereocenters. The molecule has 1 heterocycles. The van der Waals surface area contributed by atoms with Crippen LogP contribution in [0.3, 0.4) is 0 Å². The summed E-state index contributed by atoms with van der Waals surface area (Å²) >= 11 is 0. The summed E-state index contributed by atoms with van der Waals surface area (Å²) in [4.78, 5) is 13.7. The summed E-state index contributed by atoms with van der Waals surface area (Å²) < 4.78 is 38.7. The maximum atomic E-state index is 12.9. The number of amides is 1. The molecule has 3 N–H and O–H groups in total. The second kappa shape index (κ2) is 6.08. The van der Waals surface area contributed by atoms with Crippen molar-refractivity contribution in [1.82, 2.24) is 4.90 Å². The Hall–Kier alpha value is -0.530. The van der Waals surface area contributed by atoms with Gasteiger partial charge in [0.1, 0.15) is 0 Å². The van der Waals surface area contributed by atoms with Crippen LogP contribution in [-0.2, 0) is 4.79 Å². The minimum atomic E-state index is -4.55. The fraction of sp³-hybridized carbons (Fsp3) is 0.933. The van der Waals surface area contributed by atoms with E-state index in [1.165, 1.54) is 0 Å².